The first-order chi connectivity index (χ1) is 12.6. The highest BCUT2D eigenvalue weighted by Crippen LogP contribution is 2.26. The van der Waals surface area contributed by atoms with Crippen LogP contribution >= 0.6 is 0 Å². The Morgan fingerprint density at radius 1 is 1.35 bits per heavy atom. The maximum absolute atomic E-state index is 13.3. The van der Waals surface area contributed by atoms with Crippen LogP contribution in [0.15, 0.2) is 29.2 Å². The summed E-state index contributed by atoms with van der Waals surface area (Å²) in [5.41, 5.74) is 8.37. The molecule has 0 aliphatic carbocycles. The predicted octanol–water partition coefficient (Wildman–Crippen LogP) is 1.29. The van der Waals surface area contributed by atoms with Gasteiger partial charge in [0.1, 0.15) is 5.65 Å². The van der Waals surface area contributed by atoms with E-state index < -0.39 is 0 Å². The zero-order chi connectivity index (χ0) is 18.3. The summed E-state index contributed by atoms with van der Waals surface area (Å²) in [5, 5.41) is 4.12. The van der Waals surface area contributed by atoms with E-state index in [1.54, 1.807) is 23.9 Å². The van der Waals surface area contributed by atoms with Crippen molar-refractivity contribution in [3.63, 3.8) is 0 Å². The lowest BCUT2D eigenvalue weighted by Crippen LogP contribution is -2.29. The van der Waals surface area contributed by atoms with E-state index >= 15 is 0 Å². The number of fused-ring (bicyclic) bond motifs is 1. The number of pyridine rings is 2. The Bertz CT molecular complexity index is 1020. The van der Waals surface area contributed by atoms with Crippen LogP contribution < -0.4 is 21.3 Å². The summed E-state index contributed by atoms with van der Waals surface area (Å²) in [6, 6.07) is 5.44. The van der Waals surface area contributed by atoms with Crippen molar-refractivity contribution in [2.24, 2.45) is 0 Å². The number of nitrogens with two attached hydrogens (primary N) is 1. The topological polar surface area (TPSA) is 108 Å². The second kappa shape index (κ2) is 6.38. The molecular formula is C18H20N6O2. The first-order valence-corrected chi connectivity index (χ1v) is 8.49. The molecule has 1 aliphatic rings. The molecule has 0 bridgehead atoms. The van der Waals surface area contributed by atoms with Gasteiger partial charge < -0.3 is 15.8 Å². The fourth-order valence-electron chi connectivity index (χ4n) is 3.44. The van der Waals surface area contributed by atoms with Crippen molar-refractivity contribution >= 4 is 17.0 Å². The van der Waals surface area contributed by atoms with Crippen LogP contribution in [0.2, 0.25) is 0 Å². The minimum atomic E-state index is -0.101. The van der Waals surface area contributed by atoms with Gasteiger partial charge in [0, 0.05) is 35.3 Å². The number of anilines is 1. The van der Waals surface area contributed by atoms with Gasteiger partial charge in [-0.15, -0.1) is 0 Å². The van der Waals surface area contributed by atoms with Crippen LogP contribution in [0.1, 0.15) is 18.2 Å². The van der Waals surface area contributed by atoms with Crippen LogP contribution in [0.25, 0.3) is 22.2 Å². The van der Waals surface area contributed by atoms with Gasteiger partial charge in [0.25, 0.3) is 5.56 Å². The molecule has 1 aliphatic heterocycles. The van der Waals surface area contributed by atoms with E-state index in [2.05, 4.69) is 20.3 Å². The van der Waals surface area contributed by atoms with Crippen molar-refractivity contribution in [2.75, 3.05) is 25.9 Å². The van der Waals surface area contributed by atoms with Gasteiger partial charge in [0.2, 0.25) is 11.8 Å². The first-order valence-electron chi connectivity index (χ1n) is 8.49. The molecule has 3 aromatic heterocycles. The average Bonchev–Trinajstić information content (AvgIpc) is 3.15. The van der Waals surface area contributed by atoms with Gasteiger partial charge in [-0.05, 0) is 32.0 Å². The van der Waals surface area contributed by atoms with E-state index in [-0.39, 0.29) is 17.5 Å². The molecule has 1 saturated heterocycles. The third kappa shape index (κ3) is 2.68. The second-order valence-electron chi connectivity index (χ2n) is 6.37. The molecule has 0 amide bonds. The van der Waals surface area contributed by atoms with Gasteiger partial charge in [0.05, 0.1) is 18.8 Å². The lowest BCUT2D eigenvalue weighted by molar-refractivity contribution is 0.398. The van der Waals surface area contributed by atoms with Gasteiger partial charge >= 0.3 is 0 Å². The Hall–Kier alpha value is -3.00. The maximum Gasteiger partial charge on any atom is 0.260 e. The number of aryl methyl sites for hydroxylation is 1. The number of nitrogens with zero attached hydrogens (tertiary/aromatic N) is 4. The van der Waals surface area contributed by atoms with Crippen molar-refractivity contribution in [1.82, 2.24) is 24.8 Å². The number of ether oxygens (including phenoxy) is 1. The number of hydrogen-bond acceptors (Lipinski definition) is 7. The Balaban J connectivity index is 2.01. The minimum absolute atomic E-state index is 0.0323. The molecule has 0 saturated carbocycles. The van der Waals surface area contributed by atoms with E-state index in [0.29, 0.717) is 17.1 Å². The Labute approximate surface area is 150 Å². The number of aromatic nitrogens is 4. The quantitative estimate of drug-likeness (QED) is 0.731. The molecule has 0 aromatic carbocycles. The molecule has 4 heterocycles. The Morgan fingerprint density at radius 2 is 2.19 bits per heavy atom. The smallest absolute Gasteiger partial charge is 0.260 e. The third-order valence-corrected chi connectivity index (χ3v) is 4.76. The summed E-state index contributed by atoms with van der Waals surface area (Å²) in [5.74, 6) is 0.676. The number of nitrogens with one attached hydrogen (secondary N) is 1. The van der Waals surface area contributed by atoms with Crippen LogP contribution in [-0.2, 0) is 0 Å². The first kappa shape index (κ1) is 16.5. The Kier molecular flexibility index (Phi) is 4.04. The predicted molar refractivity (Wildman–Crippen MR) is 99.3 cm³/mol. The molecule has 1 atom stereocenters. The summed E-state index contributed by atoms with van der Waals surface area (Å²) in [4.78, 5) is 26.2. The second-order valence-corrected chi connectivity index (χ2v) is 6.37. The summed E-state index contributed by atoms with van der Waals surface area (Å²) in [6.07, 6.45) is 2.51. The van der Waals surface area contributed by atoms with E-state index in [1.807, 2.05) is 19.1 Å². The number of rotatable bonds is 3. The summed E-state index contributed by atoms with van der Waals surface area (Å²) >= 11 is 0. The van der Waals surface area contributed by atoms with E-state index in [4.69, 9.17) is 10.5 Å². The van der Waals surface area contributed by atoms with Gasteiger partial charge in [-0.25, -0.2) is 9.97 Å². The molecule has 134 valence electrons. The van der Waals surface area contributed by atoms with Crippen molar-refractivity contribution in [3.8, 4) is 17.0 Å². The third-order valence-electron chi connectivity index (χ3n) is 4.76. The fraction of sp³-hybridized carbons (Fsp3) is 0.333. The average molecular weight is 352 g/mol. The zero-order valence-corrected chi connectivity index (χ0v) is 14.7. The largest absolute Gasteiger partial charge is 0.481 e. The monoisotopic (exact) mass is 352 g/mol. The highest BCUT2D eigenvalue weighted by Gasteiger charge is 2.23. The zero-order valence-electron chi connectivity index (χ0n) is 14.7. The minimum Gasteiger partial charge on any atom is -0.481 e. The van der Waals surface area contributed by atoms with Crippen molar-refractivity contribution in [1.29, 1.82) is 0 Å². The van der Waals surface area contributed by atoms with Crippen LogP contribution in [0, 0.1) is 6.92 Å². The molecular weight excluding hydrogens is 332 g/mol. The number of nitrogen functional groups attached to an aromatic ring is 1. The summed E-state index contributed by atoms with van der Waals surface area (Å²) < 4.78 is 6.86. The fourth-order valence-corrected chi connectivity index (χ4v) is 3.44. The standard InChI is InChI=1S/C18H20N6O2/c1-10-13-7-14(11-3-4-15(26-2)21-8-11)17(25)24(12-5-6-20-9-12)16(13)23-18(19)22-10/h3-4,7-8,12,20H,5-6,9H2,1-2H3,(H2,19,22,23). The molecule has 26 heavy (non-hydrogen) atoms. The highest BCUT2D eigenvalue weighted by atomic mass is 16.5. The molecule has 1 fully saturated rings. The number of methoxy groups -OCH3 is 1. The molecule has 3 N–H and O–H groups in total. The van der Waals surface area contributed by atoms with Gasteiger partial charge in [0.15, 0.2) is 0 Å². The number of hydrogen-bond donors (Lipinski definition) is 2. The summed E-state index contributed by atoms with van der Waals surface area (Å²) in [7, 11) is 1.56. The highest BCUT2D eigenvalue weighted by molar-refractivity contribution is 5.84. The van der Waals surface area contributed by atoms with Crippen LogP contribution in [0.3, 0.4) is 0 Å². The molecule has 0 spiro atoms. The van der Waals surface area contributed by atoms with Gasteiger partial charge in [-0.2, -0.15) is 4.98 Å². The van der Waals surface area contributed by atoms with Crippen LogP contribution in [-0.4, -0.2) is 39.7 Å². The van der Waals surface area contributed by atoms with Crippen LogP contribution in [0.5, 0.6) is 5.88 Å². The van der Waals surface area contributed by atoms with Gasteiger partial charge in [-0.1, -0.05) is 0 Å². The normalized spacial score (nSPS) is 16.9. The van der Waals surface area contributed by atoms with Crippen molar-refractivity contribution in [2.45, 2.75) is 19.4 Å². The Morgan fingerprint density at radius 3 is 2.85 bits per heavy atom. The maximum atomic E-state index is 13.3. The molecule has 1 unspecified atom stereocenters. The summed E-state index contributed by atoms with van der Waals surface area (Å²) in [6.45, 7) is 3.47. The lowest BCUT2D eigenvalue weighted by atomic mass is 10.1. The van der Waals surface area contributed by atoms with E-state index in [0.717, 1.165) is 36.2 Å². The van der Waals surface area contributed by atoms with Gasteiger partial charge in [-0.3, -0.25) is 9.36 Å². The lowest BCUT2D eigenvalue weighted by Gasteiger charge is -2.18. The molecule has 8 nitrogen and oxygen atoms in total. The SMILES string of the molecule is COc1ccc(-c2cc3c(C)nc(N)nc3n(C3CCNC3)c2=O)cn1. The molecule has 3 aromatic rings. The van der Waals surface area contributed by atoms with Crippen LogP contribution in [0.4, 0.5) is 5.95 Å². The van der Waals surface area contributed by atoms with E-state index in [9.17, 15) is 4.79 Å². The molecule has 0 radical (unpaired) electrons. The molecule has 8 heteroatoms. The van der Waals surface area contributed by atoms with Crippen molar-refractivity contribution < 1.29 is 4.74 Å². The molecule has 4 rings (SSSR count). The van der Waals surface area contributed by atoms with E-state index in [1.165, 1.54) is 0 Å². The van der Waals surface area contributed by atoms with Crippen molar-refractivity contribution in [3.05, 3.63) is 40.4 Å².